The van der Waals surface area contributed by atoms with Crippen molar-refractivity contribution in [2.24, 2.45) is 22.7 Å². The summed E-state index contributed by atoms with van der Waals surface area (Å²) in [6.07, 6.45) is 18.3. The predicted octanol–water partition coefficient (Wildman–Crippen LogP) is 6.94. The van der Waals surface area contributed by atoms with Gasteiger partial charge < -0.3 is 0 Å². The van der Waals surface area contributed by atoms with Gasteiger partial charge in [-0.3, -0.25) is 30.6 Å². The first-order valence-corrected chi connectivity index (χ1v) is 18.2. The van der Waals surface area contributed by atoms with Gasteiger partial charge in [0.05, 0.1) is 17.7 Å². The normalized spacial score (nSPS) is 36.1. The van der Waals surface area contributed by atoms with Gasteiger partial charge in [-0.1, -0.05) is 71.7 Å². The van der Waals surface area contributed by atoms with Crippen LogP contribution in [0.25, 0.3) is 6.08 Å². The van der Waals surface area contributed by atoms with Crippen molar-refractivity contribution in [2.45, 2.75) is 149 Å². The highest BCUT2D eigenvalue weighted by Crippen LogP contribution is 2.41. The van der Waals surface area contributed by atoms with Crippen LogP contribution in [0.15, 0.2) is 24.4 Å². The molecule has 0 saturated carbocycles. The minimum Gasteiger partial charge on any atom is -0.299 e. The van der Waals surface area contributed by atoms with Gasteiger partial charge in [-0.2, -0.15) is 0 Å². The van der Waals surface area contributed by atoms with Crippen LogP contribution in [-0.2, 0) is 6.42 Å². The van der Waals surface area contributed by atoms with Gasteiger partial charge in [-0.05, 0) is 93.6 Å². The summed E-state index contributed by atoms with van der Waals surface area (Å²) >= 11 is 1.94. The summed E-state index contributed by atoms with van der Waals surface area (Å²) in [4.78, 5) is 7.79. The van der Waals surface area contributed by atoms with Gasteiger partial charge in [0.2, 0.25) is 0 Å². The Balaban J connectivity index is 1.33. The van der Waals surface area contributed by atoms with Crippen LogP contribution in [0, 0.1) is 22.7 Å². The van der Waals surface area contributed by atoms with Crippen LogP contribution in [0.2, 0.25) is 0 Å². The van der Waals surface area contributed by atoms with E-state index < -0.39 is 0 Å². The molecule has 1 aromatic heterocycles. The van der Waals surface area contributed by atoms with Crippen LogP contribution in [0.4, 0.5) is 0 Å². The molecule has 4 N–H and O–H groups in total. The van der Waals surface area contributed by atoms with Crippen molar-refractivity contribution in [1.29, 1.82) is 0 Å². The molecular weight excluding hydrogens is 549 g/mol. The highest BCUT2D eigenvalue weighted by Gasteiger charge is 2.47. The lowest BCUT2D eigenvalue weighted by molar-refractivity contribution is 0.00552. The Morgan fingerprint density at radius 2 is 1.79 bits per heavy atom. The van der Waals surface area contributed by atoms with Crippen LogP contribution < -0.4 is 20.7 Å². The molecule has 8 atom stereocenters. The summed E-state index contributed by atoms with van der Waals surface area (Å²) < 4.78 is 3.87. The molecule has 0 amide bonds. The van der Waals surface area contributed by atoms with Gasteiger partial charge in [0, 0.05) is 54.9 Å². The predicted molar refractivity (Wildman–Crippen MR) is 185 cm³/mol. The van der Waals surface area contributed by atoms with Crippen molar-refractivity contribution >= 4 is 18.0 Å². The second-order valence-corrected chi connectivity index (χ2v) is 18.0. The number of allylic oxidation sites excluding steroid dienone is 1. The molecule has 0 spiro atoms. The Morgan fingerprint density at radius 3 is 2.51 bits per heavy atom. The lowest BCUT2D eigenvalue weighted by atomic mass is 9.78. The second-order valence-electron chi connectivity index (χ2n) is 16.9. The molecule has 1 aromatic rings. The Kier molecular flexibility index (Phi) is 10.7. The maximum Gasteiger partial charge on any atom is 0.0690 e. The molecular formula is C36H62N6S. The summed E-state index contributed by atoms with van der Waals surface area (Å²) in [5, 5.41) is 12.7. The molecule has 5 rings (SSSR count). The molecule has 0 aromatic carbocycles. The second kappa shape index (κ2) is 13.8. The SMILES string of the molecule is CC(C)(C)/C=C/c1ccc(CC2CC[C@@H]3CN(C4NC(C(C)(C)C)CCC4CNSC4CCCC(N2)N4)C(C)(C)C3)nc1. The standard InChI is InChI=1S/C36H62N6S/c1-34(2,3)19-18-25-12-15-28(37-22-25)20-29-16-13-26-21-36(7,8)42(24-26)33-27(14-17-30(40-33)35(4,5)6)23-38-43-32-11-9-10-31(39-29)41-32/h12,15,18-19,22,26-27,29-33,38-41H,9-11,13-14,16-17,20-21,23-24H2,1-8H3/b19-18+/t26-,27?,29?,30?,31?,32?,33?/m0/s1. The Morgan fingerprint density at radius 1 is 0.977 bits per heavy atom. The molecule has 242 valence electrons. The van der Waals surface area contributed by atoms with Crippen LogP contribution in [0.3, 0.4) is 0 Å². The highest BCUT2D eigenvalue weighted by molar-refractivity contribution is 7.98. The van der Waals surface area contributed by atoms with E-state index in [1.807, 2.05) is 11.9 Å². The quantitative estimate of drug-likeness (QED) is 0.277. The van der Waals surface area contributed by atoms with Gasteiger partial charge >= 0.3 is 0 Å². The van der Waals surface area contributed by atoms with Crippen LogP contribution in [0.1, 0.15) is 118 Å². The molecule has 0 radical (unpaired) electrons. The number of nitrogens with zero attached hydrogens (tertiary/aromatic N) is 2. The lowest BCUT2D eigenvalue weighted by Crippen LogP contribution is -2.63. The van der Waals surface area contributed by atoms with Crippen LogP contribution in [0.5, 0.6) is 0 Å². The minimum atomic E-state index is 0.179. The smallest absolute Gasteiger partial charge is 0.0690 e. The van der Waals surface area contributed by atoms with Crippen molar-refractivity contribution in [3.05, 3.63) is 35.7 Å². The van der Waals surface area contributed by atoms with Gasteiger partial charge in [0.1, 0.15) is 0 Å². The first kappa shape index (κ1) is 33.4. The van der Waals surface area contributed by atoms with E-state index in [-0.39, 0.29) is 16.4 Å². The topological polar surface area (TPSA) is 64.2 Å². The van der Waals surface area contributed by atoms with Gasteiger partial charge in [0.15, 0.2) is 0 Å². The Hall–Kier alpha value is -0.960. The first-order valence-electron chi connectivity index (χ1n) is 17.3. The zero-order valence-corrected chi connectivity index (χ0v) is 29.3. The lowest BCUT2D eigenvalue weighted by Gasteiger charge is -2.50. The number of piperidine rings is 2. The maximum absolute atomic E-state index is 4.92. The highest BCUT2D eigenvalue weighted by atomic mass is 32.2. The maximum atomic E-state index is 4.92. The van der Waals surface area contributed by atoms with Crippen LogP contribution in [-0.4, -0.2) is 58.3 Å². The number of hydrogen-bond donors (Lipinski definition) is 4. The van der Waals surface area contributed by atoms with Crippen molar-refractivity contribution in [3.63, 3.8) is 0 Å². The van der Waals surface area contributed by atoms with Crippen molar-refractivity contribution in [3.8, 4) is 0 Å². The molecule has 4 aliphatic rings. The van der Waals surface area contributed by atoms with Crippen molar-refractivity contribution in [2.75, 3.05) is 13.1 Å². The third-order valence-electron chi connectivity index (χ3n) is 10.4. The van der Waals surface area contributed by atoms with Gasteiger partial charge in [-0.25, -0.2) is 0 Å². The number of hydrogen-bond acceptors (Lipinski definition) is 7. The van der Waals surface area contributed by atoms with E-state index in [0.717, 1.165) is 18.9 Å². The monoisotopic (exact) mass is 610 g/mol. The molecule has 4 aliphatic heterocycles. The molecule has 4 fully saturated rings. The fraction of sp³-hybridized carbons (Fsp3) is 0.806. The molecule has 43 heavy (non-hydrogen) atoms. The van der Waals surface area contributed by atoms with Gasteiger partial charge in [0.25, 0.3) is 0 Å². The largest absolute Gasteiger partial charge is 0.299 e. The summed E-state index contributed by atoms with van der Waals surface area (Å²) in [6.45, 7) is 21.2. The number of rotatable bonds is 3. The zero-order chi connectivity index (χ0) is 30.8. The molecule has 0 aliphatic carbocycles. The molecule has 7 unspecified atom stereocenters. The summed E-state index contributed by atoms with van der Waals surface area (Å²) in [6, 6.07) is 5.47. The summed E-state index contributed by atoms with van der Waals surface area (Å²) in [7, 11) is 0. The third-order valence-corrected chi connectivity index (χ3v) is 11.4. The Labute approximate surface area is 267 Å². The first-order chi connectivity index (χ1) is 20.2. The molecule has 6 nitrogen and oxygen atoms in total. The van der Waals surface area contributed by atoms with E-state index in [2.05, 4.69) is 111 Å². The summed E-state index contributed by atoms with van der Waals surface area (Å²) in [5.74, 6) is 1.36. The number of fused-ring (bicyclic) bond motifs is 6. The molecule has 5 heterocycles. The van der Waals surface area contributed by atoms with E-state index in [9.17, 15) is 0 Å². The average Bonchev–Trinajstić information content (AvgIpc) is 3.24. The average molecular weight is 611 g/mol. The van der Waals surface area contributed by atoms with E-state index in [0.29, 0.717) is 35.7 Å². The van der Waals surface area contributed by atoms with E-state index in [1.165, 1.54) is 69.2 Å². The minimum absolute atomic E-state index is 0.179. The fourth-order valence-corrected chi connectivity index (χ4v) is 8.93. The third kappa shape index (κ3) is 9.29. The number of aromatic nitrogens is 1. The molecule has 4 bridgehead atoms. The Bertz CT molecular complexity index is 1060. The van der Waals surface area contributed by atoms with E-state index in [1.54, 1.807) is 0 Å². The fourth-order valence-electron chi connectivity index (χ4n) is 7.90. The van der Waals surface area contributed by atoms with E-state index in [4.69, 9.17) is 4.98 Å². The number of pyridine rings is 1. The molecule has 7 heteroatoms. The van der Waals surface area contributed by atoms with Crippen molar-refractivity contribution < 1.29 is 0 Å². The zero-order valence-electron chi connectivity index (χ0n) is 28.5. The van der Waals surface area contributed by atoms with Crippen LogP contribution >= 0.6 is 11.9 Å². The van der Waals surface area contributed by atoms with Crippen molar-refractivity contribution in [1.82, 2.24) is 30.6 Å². The summed E-state index contributed by atoms with van der Waals surface area (Å²) in [5.41, 5.74) is 3.05. The van der Waals surface area contributed by atoms with Gasteiger partial charge in [-0.15, -0.1) is 0 Å². The molecule has 4 saturated heterocycles. The number of nitrogens with one attached hydrogen (secondary N) is 4. The van der Waals surface area contributed by atoms with E-state index >= 15 is 0 Å².